The normalized spacial score (nSPS) is 14.1. The molecule has 4 aromatic rings. The Morgan fingerprint density at radius 2 is 1.89 bits per heavy atom. The summed E-state index contributed by atoms with van der Waals surface area (Å²) in [5.41, 5.74) is 16.2. The zero-order valence-corrected chi connectivity index (χ0v) is 22.7. The second kappa shape index (κ2) is 11.6. The summed E-state index contributed by atoms with van der Waals surface area (Å²) in [4.78, 5) is 9.51. The molecule has 0 unspecified atom stereocenters. The van der Waals surface area contributed by atoms with Gasteiger partial charge in [0.2, 0.25) is 0 Å². The van der Waals surface area contributed by atoms with Crippen molar-refractivity contribution in [3.63, 3.8) is 0 Å². The molecule has 4 heteroatoms. The summed E-state index contributed by atoms with van der Waals surface area (Å²) in [6.07, 6.45) is 8.54. The van der Waals surface area contributed by atoms with Gasteiger partial charge in [0.05, 0.1) is 11.0 Å². The van der Waals surface area contributed by atoms with Crippen LogP contribution in [-0.2, 0) is 12.8 Å². The van der Waals surface area contributed by atoms with Crippen LogP contribution in [0.3, 0.4) is 0 Å². The zero-order valence-electron chi connectivity index (χ0n) is 22.7. The molecule has 0 atom stereocenters. The van der Waals surface area contributed by atoms with Crippen molar-refractivity contribution in [3.8, 4) is 11.1 Å². The number of aromatic nitrogens is 2. The molecular weight excluding hydrogens is 464 g/mol. The van der Waals surface area contributed by atoms with Gasteiger partial charge in [-0.05, 0) is 66.1 Å². The summed E-state index contributed by atoms with van der Waals surface area (Å²) in [5, 5.41) is 6.67. The van der Waals surface area contributed by atoms with Gasteiger partial charge in [0.15, 0.2) is 0 Å². The van der Waals surface area contributed by atoms with E-state index in [9.17, 15) is 0 Å². The fourth-order valence-corrected chi connectivity index (χ4v) is 5.64. The predicted octanol–water partition coefficient (Wildman–Crippen LogP) is 5.32. The molecule has 2 aromatic carbocycles. The molecular formula is C34H38N4. The molecule has 0 amide bonds. The lowest BCUT2D eigenvalue weighted by atomic mass is 9.97. The molecule has 0 radical (unpaired) electrons. The highest BCUT2D eigenvalue weighted by Crippen LogP contribution is 2.27. The van der Waals surface area contributed by atoms with Crippen LogP contribution in [-0.4, -0.2) is 41.0 Å². The maximum absolute atomic E-state index is 3.99. The number of benzene rings is 2. The van der Waals surface area contributed by atoms with Crippen LogP contribution in [0.5, 0.6) is 0 Å². The Labute approximate surface area is 225 Å². The van der Waals surface area contributed by atoms with Gasteiger partial charge in [-0.1, -0.05) is 62.9 Å². The van der Waals surface area contributed by atoms with Gasteiger partial charge in [0, 0.05) is 54.2 Å². The summed E-state index contributed by atoms with van der Waals surface area (Å²) in [5.74, 6) is 0. The Kier molecular flexibility index (Phi) is 7.86. The lowest BCUT2D eigenvalue weighted by Gasteiger charge is -2.30. The van der Waals surface area contributed by atoms with E-state index < -0.39 is 0 Å². The Morgan fingerprint density at radius 1 is 1.08 bits per heavy atom. The van der Waals surface area contributed by atoms with Gasteiger partial charge in [0.1, 0.15) is 0 Å². The first kappa shape index (κ1) is 25.7. The van der Waals surface area contributed by atoms with Crippen LogP contribution in [0.2, 0.25) is 0 Å². The molecule has 38 heavy (non-hydrogen) atoms. The summed E-state index contributed by atoms with van der Waals surface area (Å²) < 4.78 is 0. The van der Waals surface area contributed by atoms with Crippen LogP contribution in [0.15, 0.2) is 73.2 Å². The third-order valence-electron chi connectivity index (χ3n) is 7.73. The molecule has 0 saturated carbocycles. The molecule has 5 rings (SSSR count). The van der Waals surface area contributed by atoms with Gasteiger partial charge in [-0.15, -0.1) is 11.5 Å². The van der Waals surface area contributed by atoms with Crippen molar-refractivity contribution in [3.05, 3.63) is 106 Å². The summed E-state index contributed by atoms with van der Waals surface area (Å²) >= 11 is 0. The minimum Gasteiger partial charge on any atom is -0.366 e. The number of nitrogens with zero attached hydrogens (tertiary/aromatic N) is 1. The number of aromatic amines is 2. The highest BCUT2D eigenvalue weighted by Gasteiger charge is 2.15. The lowest BCUT2D eigenvalue weighted by Crippen LogP contribution is -2.42. The SMILES string of the molecule is C=C=C(CCc1c[nH]c(/C=c2\c(=C=C)[nH]c3cccc(-c4cccc(CCC)c4)c23)c1C)N1CCNCC1. The van der Waals surface area contributed by atoms with Crippen LogP contribution in [0.25, 0.3) is 33.8 Å². The zero-order chi connectivity index (χ0) is 26.5. The van der Waals surface area contributed by atoms with Gasteiger partial charge in [0.25, 0.3) is 0 Å². The predicted molar refractivity (Wildman–Crippen MR) is 161 cm³/mol. The van der Waals surface area contributed by atoms with E-state index in [-0.39, 0.29) is 0 Å². The molecule has 0 bridgehead atoms. The van der Waals surface area contributed by atoms with E-state index in [4.69, 9.17) is 0 Å². The third kappa shape index (κ3) is 5.21. The summed E-state index contributed by atoms with van der Waals surface area (Å²) in [7, 11) is 0. The molecule has 3 N–H and O–H groups in total. The third-order valence-corrected chi connectivity index (χ3v) is 7.73. The number of hydrogen-bond acceptors (Lipinski definition) is 2. The van der Waals surface area contributed by atoms with Crippen molar-refractivity contribution < 1.29 is 0 Å². The fourth-order valence-electron chi connectivity index (χ4n) is 5.64. The number of allylic oxidation sites excluding steroid dienone is 1. The smallest absolute Gasteiger partial charge is 0.0893 e. The van der Waals surface area contributed by atoms with Crippen molar-refractivity contribution in [1.29, 1.82) is 0 Å². The van der Waals surface area contributed by atoms with Crippen molar-refractivity contribution in [2.45, 2.75) is 39.5 Å². The summed E-state index contributed by atoms with van der Waals surface area (Å²) in [6, 6.07) is 15.4. The van der Waals surface area contributed by atoms with Crippen molar-refractivity contribution in [2.75, 3.05) is 26.2 Å². The number of H-pyrrole nitrogens is 2. The molecule has 0 aliphatic carbocycles. The minimum absolute atomic E-state index is 0.920. The average Bonchev–Trinajstić information content (AvgIpc) is 3.49. The van der Waals surface area contributed by atoms with Crippen LogP contribution >= 0.6 is 0 Å². The Hall–Kier alpha value is -3.94. The van der Waals surface area contributed by atoms with Crippen LogP contribution < -0.4 is 15.9 Å². The first-order valence-electron chi connectivity index (χ1n) is 13.8. The number of rotatable bonds is 8. The molecule has 1 aliphatic heterocycles. The van der Waals surface area contributed by atoms with Gasteiger partial charge in [-0.2, -0.15) is 0 Å². The van der Waals surface area contributed by atoms with Crippen LogP contribution in [0, 0.1) is 6.92 Å². The average molecular weight is 503 g/mol. The molecule has 194 valence electrons. The van der Waals surface area contributed by atoms with Crippen LogP contribution in [0.1, 0.15) is 42.1 Å². The topological polar surface area (TPSA) is 46.9 Å². The molecule has 4 nitrogen and oxygen atoms in total. The molecule has 3 heterocycles. The lowest BCUT2D eigenvalue weighted by molar-refractivity contribution is 0.291. The maximum atomic E-state index is 3.99. The first-order chi connectivity index (χ1) is 18.6. The van der Waals surface area contributed by atoms with E-state index >= 15 is 0 Å². The van der Waals surface area contributed by atoms with Gasteiger partial charge in [-0.25, -0.2) is 0 Å². The van der Waals surface area contributed by atoms with E-state index in [1.807, 2.05) is 0 Å². The number of piperazine rings is 1. The molecule has 1 fully saturated rings. The number of nitrogens with one attached hydrogen (secondary N) is 3. The van der Waals surface area contributed by atoms with Gasteiger partial charge in [-0.3, -0.25) is 0 Å². The highest BCUT2D eigenvalue weighted by atomic mass is 15.2. The standard InChI is InChI=1S/C34H38N4/c1-5-10-25-11-8-12-26(21-25)29-13-9-14-32-34(29)30(31(7-3)37-32)22-33-24(4)27(23-36-33)15-16-28(6-2)38-19-17-35-18-20-38/h8-9,11-14,21-23,35-37H,2-3,5,10,15-20H2,1,4H3/b30-22+. The molecule has 1 aliphatic rings. The molecule has 0 spiro atoms. The molecule has 1 saturated heterocycles. The van der Waals surface area contributed by atoms with Crippen molar-refractivity contribution >= 4 is 22.7 Å². The quantitative estimate of drug-likeness (QED) is 0.286. The largest absolute Gasteiger partial charge is 0.366 e. The second-order valence-electron chi connectivity index (χ2n) is 10.1. The van der Waals surface area contributed by atoms with Gasteiger partial charge >= 0.3 is 0 Å². The van der Waals surface area contributed by atoms with E-state index in [0.29, 0.717) is 0 Å². The number of fused-ring (bicyclic) bond motifs is 1. The summed E-state index contributed by atoms with van der Waals surface area (Å²) in [6.45, 7) is 16.5. The minimum atomic E-state index is 0.920. The van der Waals surface area contributed by atoms with E-state index in [1.165, 1.54) is 38.9 Å². The fraction of sp³-hybridized carbons (Fsp3) is 0.294. The Balaban J connectivity index is 1.53. The monoisotopic (exact) mass is 502 g/mol. The highest BCUT2D eigenvalue weighted by molar-refractivity contribution is 5.96. The van der Waals surface area contributed by atoms with Crippen molar-refractivity contribution in [2.24, 2.45) is 0 Å². The Morgan fingerprint density at radius 3 is 2.66 bits per heavy atom. The Bertz CT molecular complexity index is 1630. The van der Waals surface area contributed by atoms with E-state index in [0.717, 1.165) is 73.6 Å². The number of hydrogen-bond donors (Lipinski definition) is 3. The van der Waals surface area contributed by atoms with Gasteiger partial charge < -0.3 is 20.2 Å². The van der Waals surface area contributed by atoms with Crippen molar-refractivity contribution in [1.82, 2.24) is 20.2 Å². The maximum Gasteiger partial charge on any atom is 0.0893 e. The van der Waals surface area contributed by atoms with E-state index in [1.54, 1.807) is 0 Å². The van der Waals surface area contributed by atoms with E-state index in [2.05, 4.69) is 113 Å². The second-order valence-corrected chi connectivity index (χ2v) is 10.1. The molecule has 2 aromatic heterocycles. The first-order valence-corrected chi connectivity index (χ1v) is 13.8. The number of aryl methyl sites for hydroxylation is 2. The van der Waals surface area contributed by atoms with Crippen LogP contribution in [0.4, 0.5) is 0 Å².